The lowest BCUT2D eigenvalue weighted by Crippen LogP contribution is -2.76. The molecule has 0 aliphatic rings. The maximum Gasteiger partial charge on any atom is 0.460 e. The molecule has 0 spiro atoms. The van der Waals surface area contributed by atoms with Crippen LogP contribution in [0.5, 0.6) is 0 Å². The molecular weight excluding hydrogens is 1120 g/mol. The zero-order chi connectivity index (χ0) is 56.9. The summed E-state index contributed by atoms with van der Waals surface area (Å²) in [7, 11) is 0. The van der Waals surface area contributed by atoms with Gasteiger partial charge in [0.1, 0.15) is 0 Å². The van der Waals surface area contributed by atoms with Crippen LogP contribution >= 0.6 is 0 Å². The van der Waals surface area contributed by atoms with Crippen LogP contribution in [0.1, 0.15) is 25.7 Å². The highest BCUT2D eigenvalue weighted by Crippen LogP contribution is 2.69. The third kappa shape index (κ3) is 8.83. The fourth-order valence-corrected chi connectivity index (χ4v) is 4.49. The van der Waals surface area contributed by atoms with Gasteiger partial charge in [-0.3, -0.25) is 0 Å². The van der Waals surface area contributed by atoms with E-state index in [0.29, 0.717) is 0 Å². The number of hydrogen-bond acceptors (Lipinski definition) is 1. The van der Waals surface area contributed by atoms with Crippen molar-refractivity contribution >= 4 is 0 Å². The van der Waals surface area contributed by atoms with Crippen LogP contribution in [0.25, 0.3) is 0 Å². The van der Waals surface area contributed by atoms with Gasteiger partial charge in [-0.25, -0.2) is 0 Å². The number of hydrogen-bond donors (Lipinski definition) is 1. The minimum absolute atomic E-state index is 1.11. The summed E-state index contributed by atoms with van der Waals surface area (Å²) in [5.74, 6) is -161. The molecule has 0 aliphatic carbocycles. The van der Waals surface area contributed by atoms with Crippen molar-refractivity contribution in [2.45, 2.75) is 145 Å². The predicted octanol–water partition coefficient (Wildman–Crippen LogP) is 14.7. The van der Waals surface area contributed by atoms with Crippen molar-refractivity contribution in [1.82, 2.24) is 5.32 Å². The van der Waals surface area contributed by atoms with Gasteiger partial charge in [0.05, 0.1) is 0 Å². The molecule has 1 N–H and O–H groups in total. The summed E-state index contributed by atoms with van der Waals surface area (Å²) in [5, 5.41) is 1.11. The first-order chi connectivity index (χ1) is 29.2. The van der Waals surface area contributed by atoms with Crippen molar-refractivity contribution in [3.05, 3.63) is 0 Å². The Labute approximate surface area is 348 Å². The maximum atomic E-state index is 14.0. The molecule has 416 valence electrons. The Hall–Kier alpha value is -2.98. The standard InChI is InChI=1S/C26H13F42N/c27-7(28,9(31,32)11(35,36)13(39,40)15(43,44)17(47,48)19(51,52)21(55,56)23(59,60)25(63,64)65)3-1-5-69-6-2-4-8(29,30)10(33,34)12(37,38)14(41,42)16(45,46)18(49,50)20(53,54)22(57,58)24(61,62)26(66,67)68/h69H,1-6H2. The van der Waals surface area contributed by atoms with Crippen LogP contribution in [-0.4, -0.2) is 132 Å². The van der Waals surface area contributed by atoms with Gasteiger partial charge in [0.2, 0.25) is 0 Å². The molecule has 0 fully saturated rings. The average Bonchev–Trinajstić information content (AvgIpc) is 3.11. The Morgan fingerprint density at radius 2 is 0.304 bits per heavy atom. The summed E-state index contributed by atoms with van der Waals surface area (Å²) < 4.78 is 564. The van der Waals surface area contributed by atoms with Crippen molar-refractivity contribution in [3.8, 4) is 0 Å². The first kappa shape index (κ1) is 66.0. The third-order valence-corrected chi connectivity index (χ3v) is 8.84. The van der Waals surface area contributed by atoms with Crippen molar-refractivity contribution in [2.24, 2.45) is 0 Å². The van der Waals surface area contributed by atoms with Crippen molar-refractivity contribution in [2.75, 3.05) is 13.1 Å². The summed E-state index contributed by atoms with van der Waals surface area (Å²) in [6.45, 7) is -3.83. The molecule has 0 rings (SSSR count). The van der Waals surface area contributed by atoms with Gasteiger partial charge < -0.3 is 5.32 Å². The van der Waals surface area contributed by atoms with E-state index >= 15 is 0 Å². The number of alkyl halides is 42. The van der Waals surface area contributed by atoms with Gasteiger partial charge >= 0.3 is 119 Å². The van der Waals surface area contributed by atoms with Gasteiger partial charge in [-0.1, -0.05) is 0 Å². The monoisotopic (exact) mass is 1140 g/mol. The number of rotatable bonds is 24. The first-order valence-electron chi connectivity index (χ1n) is 15.9. The van der Waals surface area contributed by atoms with E-state index in [2.05, 4.69) is 0 Å². The Balaban J connectivity index is 6.36. The minimum atomic E-state index is -9.53. The largest absolute Gasteiger partial charge is 0.460 e. The molecule has 1 nitrogen and oxygen atoms in total. The quantitative estimate of drug-likeness (QED) is 0.0750. The second-order valence-corrected chi connectivity index (χ2v) is 13.6. The summed E-state index contributed by atoms with van der Waals surface area (Å²) in [5.41, 5.74) is 0. The second kappa shape index (κ2) is 17.3. The molecule has 0 unspecified atom stereocenters. The van der Waals surface area contributed by atoms with E-state index in [0.717, 1.165) is 5.32 Å². The van der Waals surface area contributed by atoms with E-state index in [-0.39, 0.29) is 0 Å². The molecule has 0 aromatic heterocycles. The van der Waals surface area contributed by atoms with Gasteiger partial charge in [0.25, 0.3) is 0 Å². The van der Waals surface area contributed by atoms with Crippen LogP contribution in [0.3, 0.4) is 0 Å². The van der Waals surface area contributed by atoms with Crippen molar-refractivity contribution in [1.29, 1.82) is 0 Å². The lowest BCUT2D eigenvalue weighted by Gasteiger charge is -2.44. The summed E-state index contributed by atoms with van der Waals surface area (Å²) >= 11 is 0. The molecule has 0 bridgehead atoms. The van der Waals surface area contributed by atoms with Crippen LogP contribution in [0.2, 0.25) is 0 Å². The molecule has 0 aromatic rings. The molecule has 0 saturated carbocycles. The van der Waals surface area contributed by atoms with Crippen LogP contribution in [-0.2, 0) is 0 Å². The number of halogens is 42. The molecule has 43 heteroatoms. The molecule has 0 aliphatic heterocycles. The fourth-order valence-electron chi connectivity index (χ4n) is 4.49. The zero-order valence-electron chi connectivity index (χ0n) is 30.6. The Morgan fingerprint density at radius 3 is 0.449 bits per heavy atom. The van der Waals surface area contributed by atoms with E-state index in [4.69, 9.17) is 0 Å². The molecule has 0 amide bonds. The first-order valence-corrected chi connectivity index (χ1v) is 15.9. The van der Waals surface area contributed by atoms with Crippen LogP contribution in [0.4, 0.5) is 184 Å². The van der Waals surface area contributed by atoms with Crippen LogP contribution in [0.15, 0.2) is 0 Å². The normalized spacial score (nSPS) is 17.0. The predicted molar refractivity (Wildman–Crippen MR) is 132 cm³/mol. The van der Waals surface area contributed by atoms with Gasteiger partial charge in [-0.2, -0.15) is 184 Å². The topological polar surface area (TPSA) is 12.0 Å². The highest BCUT2D eigenvalue weighted by atomic mass is 19.5. The summed E-state index contributed by atoms with van der Waals surface area (Å²) in [4.78, 5) is 0. The van der Waals surface area contributed by atoms with E-state index in [9.17, 15) is 184 Å². The highest BCUT2D eigenvalue weighted by Gasteiger charge is 3.00. The molecule has 0 aromatic carbocycles. The van der Waals surface area contributed by atoms with Gasteiger partial charge in [-0.05, 0) is 25.9 Å². The van der Waals surface area contributed by atoms with E-state index in [1.54, 1.807) is 0 Å². The van der Waals surface area contributed by atoms with E-state index in [1.165, 1.54) is 0 Å². The summed E-state index contributed by atoms with van der Waals surface area (Å²) in [6, 6.07) is 0. The molecule has 0 atom stereocenters. The molecule has 0 radical (unpaired) electrons. The Bertz CT molecular complexity index is 1630. The maximum absolute atomic E-state index is 14.0. The molecule has 0 saturated heterocycles. The van der Waals surface area contributed by atoms with E-state index < -0.39 is 158 Å². The summed E-state index contributed by atoms with van der Waals surface area (Å²) in [6.07, 6.45) is -27.8. The van der Waals surface area contributed by atoms with Crippen molar-refractivity contribution < 1.29 is 184 Å². The molecular formula is C26H13F42N. The minimum Gasteiger partial charge on any atom is -0.317 e. The highest BCUT2D eigenvalue weighted by molar-refractivity contribution is 5.19. The lowest BCUT2D eigenvalue weighted by molar-refractivity contribution is -0.474. The zero-order valence-corrected chi connectivity index (χ0v) is 30.6. The Kier molecular flexibility index (Phi) is 16.6. The van der Waals surface area contributed by atoms with Gasteiger partial charge in [-0.15, -0.1) is 0 Å². The van der Waals surface area contributed by atoms with Crippen LogP contribution < -0.4 is 5.32 Å². The number of nitrogens with one attached hydrogen (secondary N) is 1. The smallest absolute Gasteiger partial charge is 0.317 e. The van der Waals surface area contributed by atoms with Crippen molar-refractivity contribution in [3.63, 3.8) is 0 Å². The molecule has 69 heavy (non-hydrogen) atoms. The van der Waals surface area contributed by atoms with E-state index in [1.807, 2.05) is 0 Å². The average molecular weight is 1140 g/mol. The van der Waals surface area contributed by atoms with Crippen LogP contribution in [0, 0.1) is 0 Å². The van der Waals surface area contributed by atoms with Gasteiger partial charge in [0.15, 0.2) is 0 Å². The SMILES string of the molecule is FC(F)(F)C(F)(F)C(F)(F)C(F)(F)C(F)(F)C(F)(F)C(F)(F)C(F)(F)C(F)(F)C(F)(F)CCCNCCCC(F)(F)C(F)(F)C(F)(F)C(F)(F)C(F)(F)C(F)(F)C(F)(F)C(F)(F)C(F)(F)C(F)(F)F. The molecule has 0 heterocycles. The lowest BCUT2D eigenvalue weighted by atomic mass is 9.85. The third-order valence-electron chi connectivity index (χ3n) is 8.84. The second-order valence-electron chi connectivity index (χ2n) is 13.6. The fraction of sp³-hybridized carbons (Fsp3) is 1.00. The Morgan fingerprint density at radius 1 is 0.174 bits per heavy atom. The van der Waals surface area contributed by atoms with Gasteiger partial charge in [0, 0.05) is 12.8 Å².